The molecule has 3 amide bonds. The Balaban J connectivity index is 1.19. The molecule has 4 atom stereocenters. The van der Waals surface area contributed by atoms with Crippen molar-refractivity contribution >= 4 is 51.1 Å². The van der Waals surface area contributed by atoms with Crippen LogP contribution in [-0.4, -0.2) is 52.1 Å². The summed E-state index contributed by atoms with van der Waals surface area (Å²) in [4.78, 5) is 42.0. The summed E-state index contributed by atoms with van der Waals surface area (Å²) in [6.45, 7) is 3.89. The average Bonchev–Trinajstić information content (AvgIpc) is 3.68. The summed E-state index contributed by atoms with van der Waals surface area (Å²) in [5, 5.41) is 16.2. The Morgan fingerprint density at radius 3 is 2.41 bits per heavy atom. The number of hydrazone groups is 1. The Morgan fingerprint density at radius 2 is 1.68 bits per heavy atom. The number of fused-ring (bicyclic) bond motifs is 2. The number of allylic oxidation sites excluding steroid dienone is 1. The molecular formula is C34H31BrN6O3. The molecule has 2 fully saturated rings. The van der Waals surface area contributed by atoms with Crippen molar-refractivity contribution in [2.24, 2.45) is 21.4 Å². The highest BCUT2D eigenvalue weighted by Gasteiger charge is 2.55. The van der Waals surface area contributed by atoms with Crippen LogP contribution in [0.4, 0.5) is 5.69 Å². The van der Waals surface area contributed by atoms with E-state index in [4.69, 9.17) is 5.10 Å². The van der Waals surface area contributed by atoms with Gasteiger partial charge in [-0.1, -0.05) is 86.9 Å². The number of nitrogens with zero attached hydrogens (tertiary/aromatic N) is 6. The molecule has 1 aliphatic carbocycles. The Morgan fingerprint density at radius 1 is 0.955 bits per heavy atom. The number of carbonyl (C=O) groups is 3. The van der Waals surface area contributed by atoms with Crippen LogP contribution in [0.15, 0.2) is 98.3 Å². The lowest BCUT2D eigenvalue weighted by molar-refractivity contribution is -0.136. The van der Waals surface area contributed by atoms with Crippen LogP contribution in [0.25, 0.3) is 6.08 Å². The maximum atomic E-state index is 14.1. The van der Waals surface area contributed by atoms with Crippen molar-refractivity contribution < 1.29 is 14.4 Å². The molecular weight excluding hydrogens is 620 g/mol. The molecule has 3 aliphatic heterocycles. The zero-order chi connectivity index (χ0) is 30.5. The van der Waals surface area contributed by atoms with E-state index in [0.717, 1.165) is 56.6 Å². The van der Waals surface area contributed by atoms with Crippen LogP contribution in [0.2, 0.25) is 0 Å². The zero-order valence-corrected chi connectivity index (χ0v) is 26.0. The van der Waals surface area contributed by atoms with Crippen molar-refractivity contribution in [3.8, 4) is 0 Å². The van der Waals surface area contributed by atoms with E-state index in [-0.39, 0.29) is 24.4 Å². The van der Waals surface area contributed by atoms with Gasteiger partial charge in [-0.2, -0.15) is 10.2 Å². The molecule has 0 spiro atoms. The van der Waals surface area contributed by atoms with Crippen molar-refractivity contribution in [1.82, 2.24) is 10.0 Å². The quantitative estimate of drug-likeness (QED) is 0.308. The third-order valence-corrected chi connectivity index (χ3v) is 9.31. The van der Waals surface area contributed by atoms with E-state index in [9.17, 15) is 14.4 Å². The second-order valence-corrected chi connectivity index (χ2v) is 12.8. The van der Waals surface area contributed by atoms with Gasteiger partial charge in [0.15, 0.2) is 12.1 Å². The molecule has 3 aromatic rings. The van der Waals surface area contributed by atoms with E-state index in [1.807, 2.05) is 13.0 Å². The van der Waals surface area contributed by atoms with Crippen LogP contribution in [0, 0.1) is 19.8 Å². The molecule has 3 aromatic carbocycles. The summed E-state index contributed by atoms with van der Waals surface area (Å²) < 4.78 is 0.744. The van der Waals surface area contributed by atoms with Gasteiger partial charge in [0.1, 0.15) is 6.54 Å². The highest BCUT2D eigenvalue weighted by molar-refractivity contribution is 9.10. The van der Waals surface area contributed by atoms with Gasteiger partial charge in [-0.15, -0.1) is 0 Å². The molecule has 7 rings (SSSR count). The lowest BCUT2D eigenvalue weighted by atomic mass is 9.77. The average molecular weight is 652 g/mol. The van der Waals surface area contributed by atoms with E-state index in [1.54, 1.807) is 23.2 Å². The van der Waals surface area contributed by atoms with E-state index < -0.39 is 23.9 Å². The number of aryl methyl sites for hydroxylation is 2. The first kappa shape index (κ1) is 28.3. The van der Waals surface area contributed by atoms with Gasteiger partial charge in [-0.05, 0) is 74.1 Å². The summed E-state index contributed by atoms with van der Waals surface area (Å²) >= 11 is 3.40. The fourth-order valence-corrected chi connectivity index (χ4v) is 6.99. The van der Waals surface area contributed by atoms with Crippen molar-refractivity contribution in [3.05, 3.63) is 105 Å². The van der Waals surface area contributed by atoms with Crippen molar-refractivity contribution in [1.29, 1.82) is 0 Å². The normalized spacial score (nSPS) is 25.1. The number of halogens is 1. The molecule has 10 heteroatoms. The van der Waals surface area contributed by atoms with E-state index >= 15 is 0 Å². The zero-order valence-electron chi connectivity index (χ0n) is 24.4. The molecule has 1 saturated carbocycles. The fraction of sp³-hybridized carbons (Fsp3) is 0.294. The van der Waals surface area contributed by atoms with Crippen molar-refractivity contribution in [2.45, 2.75) is 51.2 Å². The standard InChI is InChI=1S/C34H31BrN6O3/c1-20-9-13-22(14-10-20)17-24-5-3-8-27-29(24)37-41(31(27)23-15-11-21(2)12-16-23)28(42)19-39-32-30(36-38-39)33(43)40(34(32)44)26-7-4-6-25(35)18-26/h4,6-7,9-18,27,30-32H,3,5,8,19H2,1-2H3/b24-17-/t27-,30+,31-,32-/m1/s1. The minimum absolute atomic E-state index is 0.0433. The Labute approximate surface area is 264 Å². The maximum Gasteiger partial charge on any atom is 0.264 e. The van der Waals surface area contributed by atoms with Crippen LogP contribution in [0.5, 0.6) is 0 Å². The van der Waals surface area contributed by atoms with Gasteiger partial charge in [-0.25, -0.2) is 9.91 Å². The second kappa shape index (κ2) is 11.2. The third-order valence-electron chi connectivity index (χ3n) is 8.82. The molecule has 0 radical (unpaired) electrons. The molecule has 4 aliphatic rings. The summed E-state index contributed by atoms with van der Waals surface area (Å²) in [6.07, 6.45) is 4.98. The largest absolute Gasteiger partial charge is 0.271 e. The second-order valence-electron chi connectivity index (χ2n) is 11.8. The van der Waals surface area contributed by atoms with Gasteiger partial charge in [0, 0.05) is 10.4 Å². The molecule has 0 aromatic heterocycles. The number of benzene rings is 3. The fourth-order valence-electron chi connectivity index (χ4n) is 6.60. The van der Waals surface area contributed by atoms with Crippen molar-refractivity contribution in [2.75, 3.05) is 11.4 Å². The van der Waals surface area contributed by atoms with E-state index in [1.165, 1.54) is 10.6 Å². The minimum Gasteiger partial charge on any atom is -0.271 e. The number of amides is 3. The molecule has 1 saturated heterocycles. The molecule has 222 valence electrons. The third kappa shape index (κ3) is 4.96. The topological polar surface area (TPSA) is 98.0 Å². The van der Waals surface area contributed by atoms with Gasteiger partial charge in [-0.3, -0.25) is 19.4 Å². The van der Waals surface area contributed by atoms with Crippen molar-refractivity contribution in [3.63, 3.8) is 0 Å². The molecule has 3 heterocycles. The molecule has 9 nitrogen and oxygen atoms in total. The number of imide groups is 1. The van der Waals surface area contributed by atoms with Crippen LogP contribution in [0.1, 0.15) is 47.6 Å². The van der Waals surface area contributed by atoms with Gasteiger partial charge in [0.2, 0.25) is 0 Å². The Kier molecular flexibility index (Phi) is 7.24. The van der Waals surface area contributed by atoms with Crippen LogP contribution >= 0.6 is 15.9 Å². The smallest absolute Gasteiger partial charge is 0.264 e. The predicted octanol–water partition coefficient (Wildman–Crippen LogP) is 6.18. The summed E-state index contributed by atoms with van der Waals surface area (Å²) in [6, 6.07) is 21.4. The molecule has 0 N–H and O–H groups in total. The SMILES string of the molecule is Cc1ccc(/C=C2/CCC[C@@H]3C2=NN(C(=O)CN2N=N[C@@H]4C(=O)N(c5cccc(Br)c5)C(=O)[C@@H]42)[C@@H]3c2ccc(C)cc2)cc1. The van der Waals surface area contributed by atoms with Crippen LogP contribution in [-0.2, 0) is 14.4 Å². The van der Waals surface area contributed by atoms with Crippen LogP contribution < -0.4 is 4.90 Å². The lowest BCUT2D eigenvalue weighted by Crippen LogP contribution is -2.45. The summed E-state index contributed by atoms with van der Waals surface area (Å²) in [5.74, 6) is -1.15. The van der Waals surface area contributed by atoms with Gasteiger partial charge < -0.3 is 0 Å². The monoisotopic (exact) mass is 650 g/mol. The van der Waals surface area contributed by atoms with Gasteiger partial charge in [0.05, 0.1) is 17.4 Å². The number of hydrogen-bond donors (Lipinski definition) is 0. The Bertz CT molecular complexity index is 1750. The van der Waals surface area contributed by atoms with Crippen LogP contribution in [0.3, 0.4) is 0 Å². The number of hydrogen-bond acceptors (Lipinski definition) is 7. The molecule has 0 unspecified atom stereocenters. The minimum atomic E-state index is -0.987. The van der Waals surface area contributed by atoms with E-state index in [2.05, 4.69) is 87.8 Å². The summed E-state index contributed by atoms with van der Waals surface area (Å²) in [5.41, 5.74) is 6.98. The predicted molar refractivity (Wildman–Crippen MR) is 170 cm³/mol. The number of rotatable bonds is 5. The lowest BCUT2D eigenvalue weighted by Gasteiger charge is -2.30. The first-order valence-corrected chi connectivity index (χ1v) is 15.6. The maximum absolute atomic E-state index is 14.1. The first-order valence-electron chi connectivity index (χ1n) is 14.8. The number of carbonyl (C=O) groups excluding carboxylic acids is 3. The highest BCUT2D eigenvalue weighted by Crippen LogP contribution is 2.45. The van der Waals surface area contributed by atoms with Gasteiger partial charge in [0.25, 0.3) is 17.7 Å². The number of anilines is 1. The van der Waals surface area contributed by atoms with E-state index in [0.29, 0.717) is 5.69 Å². The summed E-state index contributed by atoms with van der Waals surface area (Å²) in [7, 11) is 0. The Hall–Kier alpha value is -4.44. The first-order chi connectivity index (χ1) is 21.3. The van der Waals surface area contributed by atoms with Gasteiger partial charge >= 0.3 is 0 Å². The molecule has 0 bridgehead atoms. The molecule has 44 heavy (non-hydrogen) atoms. The highest BCUT2D eigenvalue weighted by atomic mass is 79.9.